The van der Waals surface area contributed by atoms with Crippen LogP contribution < -0.4 is 0 Å². The topological polar surface area (TPSA) is 86.0 Å². The third kappa shape index (κ3) is 5.40. The number of aryl methyl sites for hydroxylation is 5. The summed E-state index contributed by atoms with van der Waals surface area (Å²) in [6.07, 6.45) is 8.56. The lowest BCUT2D eigenvalue weighted by atomic mass is 10.0. The van der Waals surface area contributed by atoms with E-state index in [1.165, 1.54) is 16.7 Å². The summed E-state index contributed by atoms with van der Waals surface area (Å²) in [6.45, 7) is 10.5. The molecule has 0 fully saturated rings. The van der Waals surface area contributed by atoms with Gasteiger partial charge in [-0.25, -0.2) is 9.97 Å². The Balaban J connectivity index is 1.48. The summed E-state index contributed by atoms with van der Waals surface area (Å²) >= 11 is 0. The molecule has 6 heterocycles. The molecule has 0 radical (unpaired) electrons. The van der Waals surface area contributed by atoms with Crippen LogP contribution in [0.15, 0.2) is 97.1 Å². The van der Waals surface area contributed by atoms with E-state index in [1.807, 2.05) is 6.92 Å². The van der Waals surface area contributed by atoms with Crippen LogP contribution in [0.4, 0.5) is 0 Å². The van der Waals surface area contributed by atoms with Crippen molar-refractivity contribution in [3.63, 3.8) is 0 Å². The first-order valence-corrected chi connectivity index (χ1v) is 17.7. The van der Waals surface area contributed by atoms with E-state index in [-0.39, 0.29) is 0 Å². The molecule has 0 saturated heterocycles. The lowest BCUT2D eigenvalue weighted by Crippen LogP contribution is -1.91. The molecule has 8 bridgehead atoms. The Kier molecular flexibility index (Phi) is 7.47. The van der Waals surface area contributed by atoms with Crippen molar-refractivity contribution >= 4 is 46.4 Å². The average Bonchev–Trinajstić information content (AvgIpc) is 4.00. The van der Waals surface area contributed by atoms with Crippen molar-refractivity contribution in [1.82, 2.24) is 30.1 Å². The zero-order valence-electron chi connectivity index (χ0n) is 29.9. The molecule has 0 amide bonds. The molecular formula is C46H38N6. The molecule has 9 rings (SSSR count). The van der Waals surface area contributed by atoms with Gasteiger partial charge in [-0.1, -0.05) is 89.5 Å². The van der Waals surface area contributed by atoms with Gasteiger partial charge in [0.2, 0.25) is 0 Å². The molecule has 252 valence electrons. The fourth-order valence-corrected chi connectivity index (χ4v) is 7.46. The van der Waals surface area contributed by atoms with Crippen molar-refractivity contribution in [1.29, 1.82) is 0 Å². The van der Waals surface area contributed by atoms with Gasteiger partial charge in [0.1, 0.15) is 0 Å². The minimum atomic E-state index is 0.872. The summed E-state index contributed by atoms with van der Waals surface area (Å²) in [5.41, 5.74) is 21.4. The summed E-state index contributed by atoms with van der Waals surface area (Å²) in [5, 5.41) is 7.82. The van der Waals surface area contributed by atoms with E-state index >= 15 is 0 Å². The van der Waals surface area contributed by atoms with E-state index < -0.39 is 0 Å². The molecule has 2 aliphatic rings. The van der Waals surface area contributed by atoms with Gasteiger partial charge in [-0.2, -0.15) is 5.10 Å². The van der Waals surface area contributed by atoms with Crippen LogP contribution in [0.2, 0.25) is 0 Å². The lowest BCUT2D eigenvalue weighted by Gasteiger charge is -2.07. The zero-order valence-corrected chi connectivity index (χ0v) is 29.9. The third-order valence-corrected chi connectivity index (χ3v) is 10.2. The SMILES string of the molecule is Cc1ccc(-c2c3nc(c(-c4ccc(C)cc4)c4ccc([nH]4)c(-c4c(C)n[nH]c4C)c4nc(c(-c5ccc(C)cc5)c5ccc2[nH]5)C=C4)C=C3)cc1. The van der Waals surface area contributed by atoms with Crippen molar-refractivity contribution in [3.8, 4) is 44.5 Å². The second kappa shape index (κ2) is 12.4. The predicted octanol–water partition coefficient (Wildman–Crippen LogP) is 11.6. The molecule has 0 saturated carbocycles. The minimum Gasteiger partial charge on any atom is -0.354 e. The number of benzene rings is 3. The van der Waals surface area contributed by atoms with Gasteiger partial charge in [0, 0.05) is 55.6 Å². The summed E-state index contributed by atoms with van der Waals surface area (Å²) in [4.78, 5) is 18.5. The molecule has 3 aromatic carbocycles. The minimum absolute atomic E-state index is 0.872. The maximum atomic E-state index is 5.41. The Morgan fingerprint density at radius 1 is 0.365 bits per heavy atom. The maximum absolute atomic E-state index is 5.41. The van der Waals surface area contributed by atoms with Gasteiger partial charge >= 0.3 is 0 Å². The second-order valence-corrected chi connectivity index (χ2v) is 13.9. The Morgan fingerprint density at radius 2 is 0.692 bits per heavy atom. The highest BCUT2D eigenvalue weighted by Crippen LogP contribution is 2.39. The second-order valence-electron chi connectivity index (χ2n) is 13.9. The normalized spacial score (nSPS) is 12.2. The van der Waals surface area contributed by atoms with Crippen molar-refractivity contribution in [2.24, 2.45) is 0 Å². The van der Waals surface area contributed by atoms with E-state index in [1.54, 1.807) is 0 Å². The summed E-state index contributed by atoms with van der Waals surface area (Å²) < 4.78 is 0. The van der Waals surface area contributed by atoms with Crippen LogP contribution in [0.3, 0.4) is 0 Å². The number of rotatable bonds is 4. The molecule has 0 atom stereocenters. The van der Waals surface area contributed by atoms with Crippen molar-refractivity contribution < 1.29 is 0 Å². The van der Waals surface area contributed by atoms with Crippen molar-refractivity contribution in [3.05, 3.63) is 148 Å². The van der Waals surface area contributed by atoms with E-state index in [9.17, 15) is 0 Å². The van der Waals surface area contributed by atoms with Gasteiger partial charge in [0.15, 0.2) is 0 Å². The predicted molar refractivity (Wildman–Crippen MR) is 216 cm³/mol. The molecule has 0 unspecified atom stereocenters. The van der Waals surface area contributed by atoms with E-state index in [4.69, 9.17) is 9.97 Å². The number of nitrogens with one attached hydrogen (secondary N) is 3. The van der Waals surface area contributed by atoms with Crippen LogP contribution in [0.25, 0.3) is 90.9 Å². The number of hydrogen-bond donors (Lipinski definition) is 3. The summed E-state index contributed by atoms with van der Waals surface area (Å²) in [5.74, 6) is 0. The molecule has 7 aromatic rings. The lowest BCUT2D eigenvalue weighted by molar-refractivity contribution is 1.02. The molecule has 2 aliphatic heterocycles. The standard InChI is InChI=1S/C46H38N6/c1-26-6-12-31(13-7-26)43-34-18-20-36(47-34)44(32-14-8-27(2)9-15-32)38-22-24-40(49-38)46(42-29(4)51-52-30(42)5)41-25-23-39(50-41)45(37-21-19-35(43)48-37)33-16-10-28(3)11-17-33/h6-25,47,50H,1-5H3,(H,51,52). The molecular weight excluding hydrogens is 637 g/mol. The van der Waals surface area contributed by atoms with Crippen LogP contribution >= 0.6 is 0 Å². The first-order chi connectivity index (χ1) is 25.3. The van der Waals surface area contributed by atoms with Gasteiger partial charge < -0.3 is 9.97 Å². The van der Waals surface area contributed by atoms with Gasteiger partial charge in [0.25, 0.3) is 0 Å². The highest BCUT2D eigenvalue weighted by Gasteiger charge is 2.21. The van der Waals surface area contributed by atoms with Crippen molar-refractivity contribution in [2.45, 2.75) is 34.6 Å². The number of nitrogens with zero attached hydrogens (tertiary/aromatic N) is 3. The average molecular weight is 675 g/mol. The monoisotopic (exact) mass is 674 g/mol. The Bertz CT molecular complexity index is 2690. The Hall–Kier alpha value is -6.53. The highest BCUT2D eigenvalue weighted by atomic mass is 15.1. The quantitative estimate of drug-likeness (QED) is 0.174. The first kappa shape index (κ1) is 31.5. The number of H-pyrrole nitrogens is 3. The largest absolute Gasteiger partial charge is 0.354 e. The first-order valence-electron chi connectivity index (χ1n) is 17.7. The zero-order chi connectivity index (χ0) is 35.5. The van der Waals surface area contributed by atoms with E-state index in [0.29, 0.717) is 0 Å². The van der Waals surface area contributed by atoms with Crippen LogP contribution in [0.1, 0.15) is 50.9 Å². The number of aromatic amines is 3. The fraction of sp³-hybridized carbons (Fsp3) is 0.109. The summed E-state index contributed by atoms with van der Waals surface area (Å²) in [7, 11) is 0. The van der Waals surface area contributed by atoms with E-state index in [2.05, 4.69) is 169 Å². The molecule has 6 heteroatoms. The van der Waals surface area contributed by atoms with Crippen LogP contribution in [-0.4, -0.2) is 30.1 Å². The highest BCUT2D eigenvalue weighted by molar-refractivity contribution is 6.00. The smallest absolute Gasteiger partial charge is 0.0738 e. The number of aromatic nitrogens is 6. The third-order valence-electron chi connectivity index (χ3n) is 10.2. The molecule has 3 N–H and O–H groups in total. The summed E-state index contributed by atoms with van der Waals surface area (Å²) in [6, 6.07) is 34.7. The molecule has 52 heavy (non-hydrogen) atoms. The van der Waals surface area contributed by atoms with Gasteiger partial charge in [-0.15, -0.1) is 0 Å². The Labute approximate surface area is 302 Å². The van der Waals surface area contributed by atoms with Crippen LogP contribution in [0, 0.1) is 34.6 Å². The van der Waals surface area contributed by atoms with Gasteiger partial charge in [-0.05, 0) is 99.9 Å². The van der Waals surface area contributed by atoms with Crippen LogP contribution in [-0.2, 0) is 0 Å². The van der Waals surface area contributed by atoms with Crippen LogP contribution in [0.5, 0.6) is 0 Å². The van der Waals surface area contributed by atoms with Gasteiger partial charge in [0.05, 0.1) is 28.5 Å². The molecule has 4 aromatic heterocycles. The van der Waals surface area contributed by atoms with Gasteiger partial charge in [-0.3, -0.25) is 5.10 Å². The number of hydrogen-bond acceptors (Lipinski definition) is 3. The van der Waals surface area contributed by atoms with E-state index in [0.717, 1.165) is 101 Å². The maximum Gasteiger partial charge on any atom is 0.0738 e. The molecule has 6 nitrogen and oxygen atoms in total. The van der Waals surface area contributed by atoms with Crippen molar-refractivity contribution in [2.75, 3.05) is 0 Å². The molecule has 0 spiro atoms. The fourth-order valence-electron chi connectivity index (χ4n) is 7.46. The Morgan fingerprint density at radius 3 is 1.02 bits per heavy atom. The molecule has 0 aliphatic carbocycles. The number of fused-ring (bicyclic) bond motifs is 8.